The zero-order chi connectivity index (χ0) is 18.8. The number of carbonyl (C=O) groups is 1. The van der Waals surface area contributed by atoms with E-state index in [0.717, 1.165) is 27.6 Å². The molecule has 3 nitrogen and oxygen atoms in total. The van der Waals surface area contributed by atoms with Gasteiger partial charge in [-0.3, -0.25) is 9.59 Å². The van der Waals surface area contributed by atoms with E-state index in [0.29, 0.717) is 10.6 Å². The Morgan fingerprint density at radius 2 is 1.63 bits per heavy atom. The third-order valence-electron chi connectivity index (χ3n) is 4.52. The van der Waals surface area contributed by atoms with Gasteiger partial charge in [0.05, 0.1) is 0 Å². The molecule has 132 valence electrons. The molecule has 4 rings (SSSR count). The monoisotopic (exact) mass is 373 g/mol. The molecule has 0 radical (unpaired) electrons. The Labute approximate surface area is 161 Å². The lowest BCUT2D eigenvalue weighted by Crippen LogP contribution is -2.06. The van der Waals surface area contributed by atoms with Crippen molar-refractivity contribution in [2.24, 2.45) is 0 Å². The Balaban J connectivity index is 1.75. The van der Waals surface area contributed by atoms with Crippen molar-refractivity contribution in [2.75, 3.05) is 0 Å². The first-order valence-corrected chi connectivity index (χ1v) is 8.98. The number of nitrogens with one attached hydrogen (secondary N) is 1. The number of benzene rings is 3. The van der Waals surface area contributed by atoms with Gasteiger partial charge in [-0.15, -0.1) is 0 Å². The highest BCUT2D eigenvalue weighted by atomic mass is 35.5. The summed E-state index contributed by atoms with van der Waals surface area (Å²) >= 11 is 5.89. The van der Waals surface area contributed by atoms with E-state index < -0.39 is 0 Å². The van der Waals surface area contributed by atoms with Crippen molar-refractivity contribution in [3.8, 4) is 11.1 Å². The summed E-state index contributed by atoms with van der Waals surface area (Å²) in [5.41, 5.74) is 3.95. The average Bonchev–Trinajstić information content (AvgIpc) is 2.69. The normalized spacial score (nSPS) is 10.9. The number of Topliss-reactive ketones (excluding diaryl/α,β-unsaturated/α-hetero) is 1. The Hall–Kier alpha value is -3.17. The fourth-order valence-corrected chi connectivity index (χ4v) is 3.32. The van der Waals surface area contributed by atoms with Crippen LogP contribution in [0.2, 0.25) is 5.02 Å². The summed E-state index contributed by atoms with van der Waals surface area (Å²) in [5.74, 6) is 0.0247. The first-order chi connectivity index (χ1) is 13.1. The summed E-state index contributed by atoms with van der Waals surface area (Å²) in [6, 6.07) is 24.0. The summed E-state index contributed by atoms with van der Waals surface area (Å²) in [7, 11) is 0. The van der Waals surface area contributed by atoms with Crippen molar-refractivity contribution < 1.29 is 4.79 Å². The Morgan fingerprint density at radius 1 is 0.889 bits per heavy atom. The second-order valence-electron chi connectivity index (χ2n) is 6.40. The van der Waals surface area contributed by atoms with E-state index in [1.807, 2.05) is 48.5 Å². The first-order valence-electron chi connectivity index (χ1n) is 8.60. The van der Waals surface area contributed by atoms with Crippen LogP contribution in [0, 0.1) is 0 Å². The number of aromatic amines is 1. The zero-order valence-electron chi connectivity index (χ0n) is 14.4. The molecular weight excluding hydrogens is 358 g/mol. The van der Waals surface area contributed by atoms with Crippen molar-refractivity contribution in [3.05, 3.63) is 105 Å². The quantitative estimate of drug-likeness (QED) is 0.495. The minimum absolute atomic E-state index is 0.0247. The molecule has 0 aliphatic rings. The highest BCUT2D eigenvalue weighted by Crippen LogP contribution is 2.27. The van der Waals surface area contributed by atoms with Crippen molar-refractivity contribution >= 4 is 28.3 Å². The molecule has 0 spiro atoms. The van der Waals surface area contributed by atoms with Crippen LogP contribution in [0.5, 0.6) is 0 Å². The van der Waals surface area contributed by atoms with Crippen molar-refractivity contribution in [2.45, 2.75) is 6.42 Å². The number of ketones is 1. The van der Waals surface area contributed by atoms with Gasteiger partial charge in [-0.25, -0.2) is 0 Å². The van der Waals surface area contributed by atoms with Crippen LogP contribution in [0.3, 0.4) is 0 Å². The number of carbonyl (C=O) groups excluding carboxylic acids is 1. The fraction of sp³-hybridized carbons (Fsp3) is 0.0435. The summed E-state index contributed by atoms with van der Waals surface area (Å²) in [4.78, 5) is 27.5. The van der Waals surface area contributed by atoms with E-state index in [1.165, 1.54) is 0 Å². The fourth-order valence-electron chi connectivity index (χ4n) is 3.19. The molecule has 0 aliphatic heterocycles. The van der Waals surface area contributed by atoms with Crippen LogP contribution < -0.4 is 5.56 Å². The molecule has 3 aromatic carbocycles. The summed E-state index contributed by atoms with van der Waals surface area (Å²) in [6.45, 7) is 0. The molecule has 1 heterocycles. The lowest BCUT2D eigenvalue weighted by Gasteiger charge is -2.09. The van der Waals surface area contributed by atoms with Gasteiger partial charge in [-0.2, -0.15) is 0 Å². The second kappa shape index (κ2) is 7.22. The van der Waals surface area contributed by atoms with E-state index in [2.05, 4.69) is 4.98 Å². The molecule has 4 aromatic rings. The van der Waals surface area contributed by atoms with Crippen LogP contribution in [0.1, 0.15) is 15.9 Å². The number of pyridine rings is 1. The average molecular weight is 374 g/mol. The minimum atomic E-state index is -0.147. The molecule has 0 saturated carbocycles. The van der Waals surface area contributed by atoms with Gasteiger partial charge in [0, 0.05) is 34.0 Å². The standard InChI is InChI=1S/C23H16ClNO2/c24-18-9-7-17(8-10-18)22(26)13-15-6-11-21-20(12-15)19(14-23(27)25-21)16-4-2-1-3-5-16/h1-12,14H,13H2,(H,25,27). The molecule has 0 bridgehead atoms. The maximum Gasteiger partial charge on any atom is 0.249 e. The van der Waals surface area contributed by atoms with Crippen LogP contribution in [0.25, 0.3) is 22.0 Å². The maximum absolute atomic E-state index is 12.6. The lowest BCUT2D eigenvalue weighted by atomic mass is 9.97. The van der Waals surface area contributed by atoms with E-state index >= 15 is 0 Å². The molecule has 0 amide bonds. The van der Waals surface area contributed by atoms with Gasteiger partial charge in [0.1, 0.15) is 0 Å². The summed E-state index contributed by atoms with van der Waals surface area (Å²) < 4.78 is 0. The number of hydrogen-bond acceptors (Lipinski definition) is 2. The number of H-pyrrole nitrogens is 1. The topological polar surface area (TPSA) is 49.9 Å². The van der Waals surface area contributed by atoms with Crippen LogP contribution >= 0.6 is 11.6 Å². The Morgan fingerprint density at radius 3 is 2.37 bits per heavy atom. The number of rotatable bonds is 4. The van der Waals surface area contributed by atoms with E-state index in [9.17, 15) is 9.59 Å². The third kappa shape index (κ3) is 3.69. The summed E-state index contributed by atoms with van der Waals surface area (Å²) in [6.07, 6.45) is 0.283. The SMILES string of the molecule is O=C(Cc1ccc2[nH]c(=O)cc(-c3ccccc3)c2c1)c1ccc(Cl)cc1. The molecule has 0 fully saturated rings. The van der Waals surface area contributed by atoms with Crippen molar-refractivity contribution in [1.29, 1.82) is 0 Å². The predicted octanol–water partition coefficient (Wildman–Crippen LogP) is 5.27. The van der Waals surface area contributed by atoms with Gasteiger partial charge in [0.15, 0.2) is 5.78 Å². The van der Waals surface area contributed by atoms with E-state index in [-0.39, 0.29) is 17.8 Å². The third-order valence-corrected chi connectivity index (χ3v) is 4.78. The van der Waals surface area contributed by atoms with Gasteiger partial charge in [0.2, 0.25) is 5.56 Å². The first kappa shape index (κ1) is 17.3. The van der Waals surface area contributed by atoms with Crippen molar-refractivity contribution in [1.82, 2.24) is 4.98 Å². The van der Waals surface area contributed by atoms with Gasteiger partial charge in [-0.1, -0.05) is 48.0 Å². The van der Waals surface area contributed by atoms with Crippen LogP contribution in [-0.2, 0) is 6.42 Å². The highest BCUT2D eigenvalue weighted by Gasteiger charge is 2.10. The molecule has 1 N–H and O–H groups in total. The van der Waals surface area contributed by atoms with E-state index in [1.54, 1.807) is 30.3 Å². The molecule has 4 heteroatoms. The Bertz CT molecular complexity index is 1180. The predicted molar refractivity (Wildman–Crippen MR) is 109 cm³/mol. The van der Waals surface area contributed by atoms with Crippen LogP contribution in [-0.4, -0.2) is 10.8 Å². The molecule has 27 heavy (non-hydrogen) atoms. The van der Waals surface area contributed by atoms with Gasteiger partial charge in [0.25, 0.3) is 0 Å². The summed E-state index contributed by atoms with van der Waals surface area (Å²) in [5, 5.41) is 1.52. The molecule has 0 atom stereocenters. The van der Waals surface area contributed by atoms with E-state index in [4.69, 9.17) is 11.6 Å². The largest absolute Gasteiger partial charge is 0.322 e. The zero-order valence-corrected chi connectivity index (χ0v) is 15.2. The molecule has 0 unspecified atom stereocenters. The molecule has 0 aliphatic carbocycles. The highest BCUT2D eigenvalue weighted by molar-refractivity contribution is 6.30. The van der Waals surface area contributed by atoms with Gasteiger partial charge >= 0.3 is 0 Å². The van der Waals surface area contributed by atoms with Crippen LogP contribution in [0.15, 0.2) is 83.7 Å². The molecule has 0 saturated heterocycles. The lowest BCUT2D eigenvalue weighted by molar-refractivity contribution is 0.0993. The number of hydrogen-bond donors (Lipinski definition) is 1. The van der Waals surface area contributed by atoms with Gasteiger partial charge < -0.3 is 4.98 Å². The smallest absolute Gasteiger partial charge is 0.249 e. The molecule has 1 aromatic heterocycles. The number of fused-ring (bicyclic) bond motifs is 1. The number of aromatic nitrogens is 1. The number of halogens is 1. The van der Waals surface area contributed by atoms with Crippen molar-refractivity contribution in [3.63, 3.8) is 0 Å². The maximum atomic E-state index is 12.6. The minimum Gasteiger partial charge on any atom is -0.322 e. The second-order valence-corrected chi connectivity index (χ2v) is 6.84. The van der Waals surface area contributed by atoms with Crippen LogP contribution in [0.4, 0.5) is 0 Å². The van der Waals surface area contributed by atoms with Gasteiger partial charge in [-0.05, 0) is 53.1 Å². The Kier molecular flexibility index (Phi) is 4.61. The molecular formula is C23H16ClNO2.